The van der Waals surface area contributed by atoms with Gasteiger partial charge in [0.05, 0.1) is 140 Å². The maximum absolute atomic E-state index is 14.6. The van der Waals surface area contributed by atoms with Crippen molar-refractivity contribution in [3.63, 3.8) is 0 Å². The van der Waals surface area contributed by atoms with Crippen LogP contribution in [0.25, 0.3) is 0 Å². The van der Waals surface area contributed by atoms with E-state index in [9.17, 15) is 34.3 Å². The van der Waals surface area contributed by atoms with Crippen LogP contribution in [0.4, 0.5) is 0 Å². The molecule has 8 unspecified atom stereocenters. The van der Waals surface area contributed by atoms with E-state index in [1.54, 1.807) is 32.5 Å². The Bertz CT molecular complexity index is 1980. The molecule has 3 fully saturated rings. The number of carbonyl (C=O) groups excluding carboxylic acids is 3. The second-order valence-electron chi connectivity index (χ2n) is 21.8. The molecule has 2 amide bonds. The van der Waals surface area contributed by atoms with E-state index in [0.717, 1.165) is 12.2 Å². The van der Waals surface area contributed by atoms with Gasteiger partial charge >= 0.3 is 7.82 Å². The number of unbranched alkanes of at least 4 members (excludes halogenated alkanes) is 1. The van der Waals surface area contributed by atoms with Crippen molar-refractivity contribution in [2.45, 2.75) is 237 Å². The minimum absolute atomic E-state index is 0.00880. The highest BCUT2D eigenvalue weighted by molar-refractivity contribution is 8.77. The molecule has 464 valence electrons. The van der Waals surface area contributed by atoms with Gasteiger partial charge in [0.15, 0.2) is 0 Å². The second-order valence-corrected chi connectivity index (χ2v) is 26.5. The molecular formula is C53H96N5O19PS2. The van der Waals surface area contributed by atoms with Crippen LogP contribution in [-0.2, 0) is 88.2 Å². The summed E-state index contributed by atoms with van der Waals surface area (Å²) < 4.78 is 87.1. The standard InChI is InChI=1S/C53H96N5O19PS2/c1-34(2)71-38(7)51-45(29-37(6)73-51)77-78(65,76-39(8)52-44(72-35(3)4)28-36(5)74-52)70-18-12-13-27-79-80-53(10,11)16-14-47(62)54-31-41-32-58(57-56-41)17-20-67-22-24-69-26-25-68-23-21-66-19-15-42(61)30-43-48(55-40(9)60)50(64)49(63)46(33-59)75-43/h32,34-39,43-46,48-52,59,63-64H,12-31,33H2,1-11H3,(H,54,62)(H,55,60)/t36-,37-,38?,39?,43?,44+,45+,46?,48?,49?,50?,51+,52+,78?/m0/s1. The molecule has 27 heteroatoms. The third-order valence-corrected chi connectivity index (χ3v) is 18.2. The molecule has 4 rings (SSSR count). The summed E-state index contributed by atoms with van der Waals surface area (Å²) in [6.45, 7) is 24.0. The quantitative estimate of drug-likeness (QED) is 0.0331. The average molecular weight is 1200 g/mol. The van der Waals surface area contributed by atoms with E-state index >= 15 is 0 Å². The lowest BCUT2D eigenvalue weighted by molar-refractivity contribution is -0.196. The number of nitrogens with one attached hydrogen (secondary N) is 2. The number of ketones is 1. The summed E-state index contributed by atoms with van der Waals surface area (Å²) in [5.41, 5.74) is 0.640. The Balaban J connectivity index is 1.02. The van der Waals surface area contributed by atoms with Crippen molar-refractivity contribution >= 4 is 47.0 Å². The third-order valence-electron chi connectivity index (χ3n) is 13.2. The fourth-order valence-electron chi connectivity index (χ4n) is 9.30. The Hall–Kier alpha value is -1.92. The van der Waals surface area contributed by atoms with Crippen LogP contribution in [0.2, 0.25) is 0 Å². The van der Waals surface area contributed by atoms with Crippen molar-refractivity contribution in [3.8, 4) is 0 Å². The summed E-state index contributed by atoms with van der Waals surface area (Å²) in [4.78, 5) is 37.0. The molecule has 0 spiro atoms. The summed E-state index contributed by atoms with van der Waals surface area (Å²) in [6.07, 6.45) is -2.17. The summed E-state index contributed by atoms with van der Waals surface area (Å²) in [6, 6.07) is -0.999. The Morgan fingerprint density at radius 1 is 0.812 bits per heavy atom. The first-order valence-electron chi connectivity index (χ1n) is 28.4. The van der Waals surface area contributed by atoms with Gasteiger partial charge in [-0.1, -0.05) is 26.8 Å². The van der Waals surface area contributed by atoms with Gasteiger partial charge in [-0.05, 0) is 88.5 Å². The van der Waals surface area contributed by atoms with E-state index in [1.807, 2.05) is 55.4 Å². The first-order chi connectivity index (χ1) is 38.0. The molecule has 0 aromatic carbocycles. The zero-order chi connectivity index (χ0) is 58.8. The maximum atomic E-state index is 14.6. The van der Waals surface area contributed by atoms with E-state index in [4.69, 9.17) is 56.2 Å². The molecule has 4 heterocycles. The van der Waals surface area contributed by atoms with Crippen molar-refractivity contribution in [2.75, 3.05) is 71.8 Å². The number of amides is 2. The number of hydrogen-bond acceptors (Lipinski definition) is 23. The smallest absolute Gasteiger partial charge is 0.394 e. The number of nitrogens with zero attached hydrogens (tertiary/aromatic N) is 3. The Morgan fingerprint density at radius 2 is 1.44 bits per heavy atom. The van der Waals surface area contributed by atoms with Crippen molar-refractivity contribution in [2.24, 2.45) is 0 Å². The van der Waals surface area contributed by atoms with Crippen LogP contribution in [0.3, 0.4) is 0 Å². The third kappa shape index (κ3) is 26.6. The zero-order valence-corrected chi connectivity index (χ0v) is 51.6. The number of rotatable bonds is 42. The molecule has 3 aliphatic rings. The highest BCUT2D eigenvalue weighted by Gasteiger charge is 2.48. The Kier molecular flexibility index (Phi) is 32.5. The number of phosphoric acid groups is 1. The predicted molar refractivity (Wildman–Crippen MR) is 300 cm³/mol. The number of carbonyl (C=O) groups is 3. The lowest BCUT2D eigenvalue weighted by Gasteiger charge is -2.42. The highest BCUT2D eigenvalue weighted by Crippen LogP contribution is 2.55. The Labute approximate surface area is 481 Å². The summed E-state index contributed by atoms with van der Waals surface area (Å²) in [5, 5.41) is 43.8. The van der Waals surface area contributed by atoms with Gasteiger partial charge in [0, 0.05) is 49.5 Å². The number of Topliss-reactive ketones (excluding diaryl/α,β-unsaturated/α-hetero) is 1. The second kappa shape index (κ2) is 36.8. The minimum atomic E-state index is -4.11. The topological polar surface area (TPSA) is 294 Å². The molecule has 80 heavy (non-hydrogen) atoms. The molecule has 3 aliphatic heterocycles. The fourth-order valence-corrected chi connectivity index (χ4v) is 13.6. The zero-order valence-electron chi connectivity index (χ0n) is 49.1. The lowest BCUT2D eigenvalue weighted by Crippen LogP contribution is -2.64. The maximum Gasteiger partial charge on any atom is 0.475 e. The molecule has 5 N–H and O–H groups in total. The molecule has 0 saturated carbocycles. The van der Waals surface area contributed by atoms with E-state index in [2.05, 4.69) is 34.8 Å². The first-order valence-corrected chi connectivity index (χ1v) is 32.2. The minimum Gasteiger partial charge on any atom is -0.394 e. The van der Waals surface area contributed by atoms with Crippen LogP contribution in [0.1, 0.15) is 133 Å². The van der Waals surface area contributed by atoms with Gasteiger partial charge in [-0.2, -0.15) is 0 Å². The number of hydrogen-bond donors (Lipinski definition) is 5. The van der Waals surface area contributed by atoms with Gasteiger partial charge in [-0.15, -0.1) is 5.10 Å². The molecule has 1 aromatic heterocycles. The fraction of sp³-hybridized carbons (Fsp3) is 0.906. The summed E-state index contributed by atoms with van der Waals surface area (Å²) in [7, 11) is -0.637. The van der Waals surface area contributed by atoms with E-state index in [1.165, 1.54) is 6.92 Å². The van der Waals surface area contributed by atoms with E-state index < -0.39 is 75.2 Å². The van der Waals surface area contributed by atoms with Crippen LogP contribution in [0, 0.1) is 0 Å². The lowest BCUT2D eigenvalue weighted by atomic mass is 9.90. The summed E-state index contributed by atoms with van der Waals surface area (Å²) >= 11 is 0. The van der Waals surface area contributed by atoms with E-state index in [0.29, 0.717) is 84.0 Å². The number of aromatic nitrogens is 3. The average Bonchev–Trinajstić information content (AvgIpc) is 4.11. The molecular weight excluding hydrogens is 1110 g/mol. The highest BCUT2D eigenvalue weighted by atomic mass is 33.1. The molecule has 0 radical (unpaired) electrons. The van der Waals surface area contributed by atoms with Gasteiger partial charge in [0.25, 0.3) is 0 Å². The van der Waals surface area contributed by atoms with Gasteiger partial charge < -0.3 is 68.6 Å². The SMILES string of the molecule is CC(=O)NC1C(CC(=O)CCOCCOCCOCCOCCn2cc(CNC(=O)CCC(C)(C)SSCCCCOP(=O)(OC(C)[C@H]3O[C@@H](C)C[C@H]3OC(C)C)O[C@@H]3C[C@H](C)O[C@@H]3C(C)OC(C)C)nn2)OC(CO)C(O)C1O. The van der Waals surface area contributed by atoms with Gasteiger partial charge in [0.1, 0.15) is 48.1 Å². The molecule has 0 bridgehead atoms. The van der Waals surface area contributed by atoms with Gasteiger partial charge in [0.2, 0.25) is 11.8 Å². The molecule has 3 saturated heterocycles. The van der Waals surface area contributed by atoms with Crippen LogP contribution in [-0.4, -0.2) is 216 Å². The molecule has 1 aromatic rings. The first kappa shape index (κ1) is 70.6. The normalized spacial score (nSPS) is 26.9. The molecule has 24 nitrogen and oxygen atoms in total. The van der Waals surface area contributed by atoms with Crippen LogP contribution in [0.5, 0.6) is 0 Å². The Morgan fingerprint density at radius 3 is 2.06 bits per heavy atom. The largest absolute Gasteiger partial charge is 0.475 e. The number of aliphatic hydroxyl groups excluding tert-OH is 3. The monoisotopic (exact) mass is 1200 g/mol. The van der Waals surface area contributed by atoms with Crippen molar-refractivity contribution in [1.82, 2.24) is 25.6 Å². The van der Waals surface area contributed by atoms with Crippen LogP contribution < -0.4 is 10.6 Å². The van der Waals surface area contributed by atoms with Crippen molar-refractivity contribution in [3.05, 3.63) is 11.9 Å². The number of aliphatic hydroxyl groups is 3. The number of phosphoric ester groups is 1. The summed E-state index contributed by atoms with van der Waals surface area (Å²) in [5.74, 6) is 0.0815. The van der Waals surface area contributed by atoms with Gasteiger partial charge in [-0.3, -0.25) is 28.0 Å². The van der Waals surface area contributed by atoms with Crippen LogP contribution in [0.15, 0.2) is 6.20 Å². The van der Waals surface area contributed by atoms with Crippen molar-refractivity contribution in [1.29, 1.82) is 0 Å². The van der Waals surface area contributed by atoms with Gasteiger partial charge in [-0.25, -0.2) is 9.25 Å². The number of ether oxygens (including phenoxy) is 9. The molecule has 14 atom stereocenters. The van der Waals surface area contributed by atoms with Crippen molar-refractivity contribution < 1.29 is 90.5 Å². The predicted octanol–water partition coefficient (Wildman–Crippen LogP) is 4.89. The van der Waals surface area contributed by atoms with E-state index in [-0.39, 0.29) is 92.3 Å². The molecule has 0 aliphatic carbocycles. The van der Waals surface area contributed by atoms with Crippen LogP contribution >= 0.6 is 29.4 Å².